The summed E-state index contributed by atoms with van der Waals surface area (Å²) in [4.78, 5) is 43.1. The van der Waals surface area contributed by atoms with Gasteiger partial charge in [-0.05, 0) is 48.6 Å². The molecule has 0 bridgehead atoms. The summed E-state index contributed by atoms with van der Waals surface area (Å²) in [6.45, 7) is 4.33. The van der Waals surface area contributed by atoms with Crippen molar-refractivity contribution in [3.8, 4) is 17.2 Å². The summed E-state index contributed by atoms with van der Waals surface area (Å²) in [5.41, 5.74) is 1.95. The first-order chi connectivity index (χ1) is 18.4. The van der Waals surface area contributed by atoms with Gasteiger partial charge in [-0.25, -0.2) is 0 Å². The monoisotopic (exact) mass is 523 g/mol. The summed E-state index contributed by atoms with van der Waals surface area (Å²) in [5.74, 6) is 0.606. The topological polar surface area (TPSA) is 97.4 Å². The summed E-state index contributed by atoms with van der Waals surface area (Å²) in [5, 5.41) is 3.09. The number of carbonyl (C=O) groups is 3. The van der Waals surface area contributed by atoms with Crippen LogP contribution in [-0.2, 0) is 9.59 Å². The third-order valence-electron chi connectivity index (χ3n) is 7.29. The van der Waals surface area contributed by atoms with E-state index in [4.69, 9.17) is 14.2 Å². The molecule has 204 valence electrons. The van der Waals surface area contributed by atoms with Gasteiger partial charge in [0.1, 0.15) is 0 Å². The van der Waals surface area contributed by atoms with Crippen LogP contribution in [0, 0.1) is 0 Å². The Hall–Kier alpha value is -3.75. The Labute approximate surface area is 224 Å². The van der Waals surface area contributed by atoms with Crippen LogP contribution < -0.4 is 19.5 Å². The first-order valence-corrected chi connectivity index (χ1v) is 13.2. The molecule has 0 saturated carbocycles. The molecule has 1 fully saturated rings. The number of ether oxygens (including phenoxy) is 3. The molecule has 9 nitrogen and oxygen atoms in total. The summed E-state index contributed by atoms with van der Waals surface area (Å²) in [6, 6.07) is 10.4. The molecule has 0 unspecified atom stereocenters. The van der Waals surface area contributed by atoms with E-state index in [1.54, 1.807) is 25.2 Å². The molecule has 2 aliphatic rings. The average molecular weight is 524 g/mol. The van der Waals surface area contributed by atoms with Gasteiger partial charge < -0.3 is 29.3 Å². The first kappa shape index (κ1) is 27.3. The van der Waals surface area contributed by atoms with Crippen LogP contribution >= 0.6 is 0 Å². The van der Waals surface area contributed by atoms with Gasteiger partial charge in [0.25, 0.3) is 5.91 Å². The maximum Gasteiger partial charge on any atom is 0.254 e. The van der Waals surface area contributed by atoms with E-state index in [-0.39, 0.29) is 17.7 Å². The highest BCUT2D eigenvalue weighted by atomic mass is 16.5. The van der Waals surface area contributed by atoms with Gasteiger partial charge >= 0.3 is 0 Å². The predicted octanol–water partition coefficient (Wildman–Crippen LogP) is 3.53. The molecule has 2 aliphatic heterocycles. The van der Waals surface area contributed by atoms with Gasteiger partial charge in [0, 0.05) is 38.2 Å². The zero-order valence-electron chi connectivity index (χ0n) is 22.6. The summed E-state index contributed by atoms with van der Waals surface area (Å²) in [7, 11) is 4.62. The molecular formula is C29H37N3O6. The van der Waals surface area contributed by atoms with Crippen LogP contribution in [-0.4, -0.2) is 75.0 Å². The lowest BCUT2D eigenvalue weighted by Crippen LogP contribution is -2.48. The Morgan fingerprint density at radius 2 is 1.74 bits per heavy atom. The molecular weight excluding hydrogens is 486 g/mol. The highest BCUT2D eigenvalue weighted by Crippen LogP contribution is 2.47. The van der Waals surface area contributed by atoms with Crippen molar-refractivity contribution in [2.45, 2.75) is 44.6 Å². The predicted molar refractivity (Wildman–Crippen MR) is 143 cm³/mol. The number of amides is 3. The van der Waals surface area contributed by atoms with Crippen molar-refractivity contribution in [1.82, 2.24) is 15.1 Å². The van der Waals surface area contributed by atoms with E-state index in [0.29, 0.717) is 60.9 Å². The lowest BCUT2D eigenvalue weighted by molar-refractivity contribution is -0.127. The second kappa shape index (κ2) is 12.2. The van der Waals surface area contributed by atoms with Crippen LogP contribution in [0.15, 0.2) is 36.4 Å². The van der Waals surface area contributed by atoms with Gasteiger partial charge in [0.05, 0.1) is 33.3 Å². The van der Waals surface area contributed by atoms with E-state index >= 15 is 0 Å². The number of nitrogens with one attached hydrogen (secondary N) is 1. The Morgan fingerprint density at radius 3 is 2.34 bits per heavy atom. The molecule has 0 aromatic heterocycles. The number of hydrogen-bond acceptors (Lipinski definition) is 6. The molecule has 2 heterocycles. The van der Waals surface area contributed by atoms with Crippen molar-refractivity contribution in [1.29, 1.82) is 0 Å². The van der Waals surface area contributed by atoms with Crippen LogP contribution in [0.5, 0.6) is 17.2 Å². The van der Waals surface area contributed by atoms with Gasteiger partial charge in [0.15, 0.2) is 11.5 Å². The van der Waals surface area contributed by atoms with E-state index < -0.39 is 12.0 Å². The largest absolute Gasteiger partial charge is 0.493 e. The van der Waals surface area contributed by atoms with E-state index in [1.807, 2.05) is 42.2 Å². The maximum absolute atomic E-state index is 13.9. The first-order valence-electron chi connectivity index (χ1n) is 13.2. The number of rotatable bonds is 11. The van der Waals surface area contributed by atoms with Crippen molar-refractivity contribution in [2.24, 2.45) is 0 Å². The third kappa shape index (κ3) is 5.28. The van der Waals surface area contributed by atoms with Gasteiger partial charge in [-0.3, -0.25) is 14.4 Å². The number of carbonyl (C=O) groups excluding carboxylic acids is 3. The fraction of sp³-hybridized carbons (Fsp3) is 0.483. The molecule has 2 aromatic rings. The van der Waals surface area contributed by atoms with Gasteiger partial charge in [-0.1, -0.05) is 25.1 Å². The maximum atomic E-state index is 13.9. The third-order valence-corrected chi connectivity index (χ3v) is 7.29. The van der Waals surface area contributed by atoms with E-state index in [1.165, 1.54) is 7.11 Å². The zero-order chi connectivity index (χ0) is 27.2. The van der Waals surface area contributed by atoms with Crippen LogP contribution in [0.1, 0.15) is 66.1 Å². The molecule has 0 aliphatic carbocycles. The fourth-order valence-electron chi connectivity index (χ4n) is 5.54. The smallest absolute Gasteiger partial charge is 0.254 e. The highest BCUT2D eigenvalue weighted by Gasteiger charge is 2.44. The molecule has 1 saturated heterocycles. The van der Waals surface area contributed by atoms with E-state index in [0.717, 1.165) is 24.9 Å². The van der Waals surface area contributed by atoms with Crippen molar-refractivity contribution >= 4 is 17.7 Å². The quantitative estimate of drug-likeness (QED) is 0.453. The van der Waals surface area contributed by atoms with Gasteiger partial charge in [0.2, 0.25) is 17.6 Å². The second-order valence-corrected chi connectivity index (χ2v) is 9.60. The SMILES string of the molecule is CCCN1C(=O)c2ccccc2[C@@H](C(=O)NCCCN2CCCC2=O)[C@@H]1c1cc(OC)c(OC)c(OC)c1. The number of benzene rings is 2. The van der Waals surface area contributed by atoms with Crippen molar-refractivity contribution in [3.05, 3.63) is 53.1 Å². The van der Waals surface area contributed by atoms with Gasteiger partial charge in [-0.2, -0.15) is 0 Å². The van der Waals surface area contributed by atoms with Crippen molar-refractivity contribution in [3.63, 3.8) is 0 Å². The summed E-state index contributed by atoms with van der Waals surface area (Å²) < 4.78 is 16.7. The minimum Gasteiger partial charge on any atom is -0.493 e. The normalized spacial score (nSPS) is 18.8. The number of nitrogens with zero attached hydrogens (tertiary/aromatic N) is 2. The van der Waals surface area contributed by atoms with Gasteiger partial charge in [-0.15, -0.1) is 0 Å². The number of methoxy groups -OCH3 is 3. The molecule has 9 heteroatoms. The lowest BCUT2D eigenvalue weighted by atomic mass is 9.79. The van der Waals surface area contributed by atoms with Crippen molar-refractivity contribution < 1.29 is 28.6 Å². The molecule has 3 amide bonds. The number of hydrogen-bond donors (Lipinski definition) is 1. The molecule has 4 rings (SSSR count). The lowest BCUT2D eigenvalue weighted by Gasteiger charge is -2.42. The van der Waals surface area contributed by atoms with Crippen LogP contribution in [0.3, 0.4) is 0 Å². The standard InChI is InChI=1S/C29H37N3O6/c1-5-14-32-26(19-17-22(36-2)27(38-4)23(18-19)37-3)25(20-10-6-7-11-21(20)29(32)35)28(34)30-13-9-16-31-15-8-12-24(31)33/h6-7,10-11,17-18,25-26H,5,8-9,12-16H2,1-4H3,(H,30,34)/t25-,26+/m1/s1. The number of likely N-dealkylation sites (tertiary alicyclic amines) is 1. The van der Waals surface area contributed by atoms with Crippen LogP contribution in [0.25, 0.3) is 0 Å². The zero-order valence-corrected chi connectivity index (χ0v) is 22.6. The molecule has 2 aromatic carbocycles. The Kier molecular flexibility index (Phi) is 8.76. The minimum absolute atomic E-state index is 0.113. The molecule has 0 radical (unpaired) electrons. The molecule has 2 atom stereocenters. The van der Waals surface area contributed by atoms with Crippen molar-refractivity contribution in [2.75, 3.05) is 47.5 Å². The average Bonchev–Trinajstić information content (AvgIpc) is 3.35. The van der Waals surface area contributed by atoms with Crippen LogP contribution in [0.2, 0.25) is 0 Å². The minimum atomic E-state index is -0.647. The summed E-state index contributed by atoms with van der Waals surface area (Å²) in [6.07, 6.45) is 2.89. The fourth-order valence-corrected chi connectivity index (χ4v) is 5.54. The Bertz CT molecular complexity index is 1160. The Morgan fingerprint density at radius 1 is 1.03 bits per heavy atom. The second-order valence-electron chi connectivity index (χ2n) is 9.60. The molecule has 0 spiro atoms. The highest BCUT2D eigenvalue weighted by molar-refractivity contribution is 6.01. The number of fused-ring (bicyclic) bond motifs is 1. The van der Waals surface area contributed by atoms with Crippen LogP contribution in [0.4, 0.5) is 0 Å². The Balaban J connectivity index is 1.71. The molecule has 1 N–H and O–H groups in total. The van der Waals surface area contributed by atoms with E-state index in [2.05, 4.69) is 5.32 Å². The van der Waals surface area contributed by atoms with E-state index in [9.17, 15) is 14.4 Å². The molecule has 38 heavy (non-hydrogen) atoms. The summed E-state index contributed by atoms with van der Waals surface area (Å²) >= 11 is 0.